The number of fused-ring (bicyclic) bond motifs is 3. The summed E-state index contributed by atoms with van der Waals surface area (Å²) in [7, 11) is 0. The van der Waals surface area contributed by atoms with Gasteiger partial charge in [-0.25, -0.2) is 14.6 Å². The molecule has 0 bridgehead atoms. The molecule has 4 aromatic rings. The minimum Gasteiger partial charge on any atom is -0.350 e. The second-order valence-electron chi connectivity index (χ2n) is 4.40. The molecule has 3 aromatic heterocycles. The number of rotatable bonds is 1. The van der Waals surface area contributed by atoms with Crippen LogP contribution in [0.15, 0.2) is 29.1 Å². The fourth-order valence-corrected chi connectivity index (χ4v) is 2.15. The Balaban J connectivity index is 2.07. The third-order valence-electron chi connectivity index (χ3n) is 3.09. The largest absolute Gasteiger partial charge is 0.350 e. The first-order valence-electron chi connectivity index (χ1n) is 6.11. The van der Waals surface area contributed by atoms with Gasteiger partial charge in [0.05, 0.1) is 5.52 Å². The maximum absolute atomic E-state index is 12.0. The summed E-state index contributed by atoms with van der Waals surface area (Å²) in [4.78, 5) is 30.2. The SMILES string of the molecule is NC(=O)n1nnnc1-c1nc2c3ccccc3[nH]c(=O)n2n1. The molecule has 3 heterocycles. The van der Waals surface area contributed by atoms with E-state index in [0.717, 1.165) is 9.20 Å². The van der Waals surface area contributed by atoms with Gasteiger partial charge in [-0.2, -0.15) is 4.52 Å². The quantitative estimate of drug-likeness (QED) is 0.434. The van der Waals surface area contributed by atoms with Gasteiger partial charge in [-0.1, -0.05) is 12.1 Å². The zero-order chi connectivity index (χ0) is 15.3. The lowest BCUT2D eigenvalue weighted by molar-refractivity contribution is 0.247. The Morgan fingerprint density at radius 1 is 1.27 bits per heavy atom. The van der Waals surface area contributed by atoms with E-state index in [1.807, 2.05) is 6.07 Å². The number of nitrogens with two attached hydrogens (primary N) is 1. The summed E-state index contributed by atoms with van der Waals surface area (Å²) in [5, 5.41) is 15.2. The minimum absolute atomic E-state index is 0.0191. The zero-order valence-electron chi connectivity index (χ0n) is 10.8. The van der Waals surface area contributed by atoms with Crippen molar-refractivity contribution < 1.29 is 4.79 Å². The third-order valence-corrected chi connectivity index (χ3v) is 3.09. The predicted octanol–water partition coefficient (Wildman–Crippen LogP) is -0.849. The van der Waals surface area contributed by atoms with E-state index < -0.39 is 11.7 Å². The summed E-state index contributed by atoms with van der Waals surface area (Å²) in [6.07, 6.45) is 0. The topological polar surface area (TPSA) is 150 Å². The smallest absolute Gasteiger partial charge is 0.348 e. The Morgan fingerprint density at radius 3 is 2.91 bits per heavy atom. The Kier molecular flexibility index (Phi) is 2.31. The molecule has 1 amide bonds. The second-order valence-corrected chi connectivity index (χ2v) is 4.40. The number of para-hydroxylation sites is 1. The molecule has 4 rings (SSSR count). The van der Waals surface area contributed by atoms with Gasteiger partial charge in [-0.3, -0.25) is 0 Å². The number of nitrogens with one attached hydrogen (secondary N) is 1. The van der Waals surface area contributed by atoms with Crippen LogP contribution in [-0.2, 0) is 0 Å². The van der Waals surface area contributed by atoms with Gasteiger partial charge in [-0.15, -0.1) is 14.9 Å². The van der Waals surface area contributed by atoms with E-state index in [-0.39, 0.29) is 11.6 Å². The second kappa shape index (κ2) is 4.18. The van der Waals surface area contributed by atoms with Crippen molar-refractivity contribution in [2.24, 2.45) is 5.73 Å². The maximum atomic E-state index is 12.0. The Labute approximate surface area is 120 Å². The molecule has 0 fully saturated rings. The first-order valence-corrected chi connectivity index (χ1v) is 6.11. The molecular formula is C11H7N9O2. The summed E-state index contributed by atoms with van der Waals surface area (Å²) >= 11 is 0. The van der Waals surface area contributed by atoms with Gasteiger partial charge in [-0.05, 0) is 22.6 Å². The zero-order valence-corrected chi connectivity index (χ0v) is 10.8. The first kappa shape index (κ1) is 12.1. The highest BCUT2D eigenvalue weighted by Gasteiger charge is 2.19. The lowest BCUT2D eigenvalue weighted by atomic mass is 10.2. The molecule has 0 radical (unpaired) electrons. The molecular weight excluding hydrogens is 290 g/mol. The number of carbonyl (C=O) groups excluding carboxylic acids is 1. The van der Waals surface area contributed by atoms with Gasteiger partial charge < -0.3 is 10.7 Å². The lowest BCUT2D eigenvalue weighted by Crippen LogP contribution is -2.22. The standard InChI is InChI=1S/C11H7N9O2/c12-10(21)19-9(15-17-18-19)7-14-8-5-3-1-2-4-6(5)13-11(22)20(8)16-7/h1-4H,(H2,12,21)(H,13,22). The monoisotopic (exact) mass is 297 g/mol. The average molecular weight is 297 g/mol. The van der Waals surface area contributed by atoms with Gasteiger partial charge in [0.2, 0.25) is 11.6 Å². The van der Waals surface area contributed by atoms with Gasteiger partial charge in [0.1, 0.15) is 0 Å². The van der Waals surface area contributed by atoms with Crippen molar-refractivity contribution in [3.05, 3.63) is 34.7 Å². The van der Waals surface area contributed by atoms with Crippen LogP contribution in [0.1, 0.15) is 0 Å². The van der Waals surface area contributed by atoms with Crippen molar-refractivity contribution in [2.45, 2.75) is 0 Å². The van der Waals surface area contributed by atoms with Crippen LogP contribution in [0.2, 0.25) is 0 Å². The molecule has 22 heavy (non-hydrogen) atoms. The molecule has 0 aliphatic heterocycles. The van der Waals surface area contributed by atoms with Crippen LogP contribution in [0.3, 0.4) is 0 Å². The molecule has 11 heteroatoms. The summed E-state index contributed by atoms with van der Waals surface area (Å²) in [6.45, 7) is 0. The third kappa shape index (κ3) is 1.59. The summed E-state index contributed by atoms with van der Waals surface area (Å²) in [5.41, 5.74) is 5.64. The molecule has 108 valence electrons. The van der Waals surface area contributed by atoms with Crippen LogP contribution in [0.4, 0.5) is 4.79 Å². The number of nitrogens with zero attached hydrogens (tertiary/aromatic N) is 7. The number of H-pyrrole nitrogens is 1. The van der Waals surface area contributed by atoms with E-state index >= 15 is 0 Å². The molecule has 1 aromatic carbocycles. The molecule has 0 saturated carbocycles. The Morgan fingerprint density at radius 2 is 2.09 bits per heavy atom. The van der Waals surface area contributed by atoms with Gasteiger partial charge in [0.15, 0.2) is 5.65 Å². The lowest BCUT2D eigenvalue weighted by Gasteiger charge is -1.97. The van der Waals surface area contributed by atoms with Crippen LogP contribution >= 0.6 is 0 Å². The fourth-order valence-electron chi connectivity index (χ4n) is 2.15. The van der Waals surface area contributed by atoms with E-state index in [1.54, 1.807) is 18.2 Å². The molecule has 0 aliphatic rings. The molecule has 0 spiro atoms. The molecule has 3 N–H and O–H groups in total. The molecule has 0 aliphatic carbocycles. The summed E-state index contributed by atoms with van der Waals surface area (Å²) < 4.78 is 1.84. The van der Waals surface area contributed by atoms with Crippen molar-refractivity contribution in [3.8, 4) is 11.6 Å². The van der Waals surface area contributed by atoms with Crippen LogP contribution in [0.25, 0.3) is 28.2 Å². The molecule has 0 unspecified atom stereocenters. The van der Waals surface area contributed by atoms with E-state index in [2.05, 4.69) is 30.6 Å². The van der Waals surface area contributed by atoms with Crippen LogP contribution in [0, 0.1) is 0 Å². The average Bonchev–Trinajstić information content (AvgIpc) is 3.14. The highest BCUT2D eigenvalue weighted by atomic mass is 16.2. The van der Waals surface area contributed by atoms with Crippen molar-refractivity contribution >= 4 is 22.6 Å². The summed E-state index contributed by atoms with van der Waals surface area (Å²) in [6, 6.07) is 6.26. The number of primary amides is 1. The number of amides is 1. The number of benzene rings is 1. The Bertz CT molecular complexity index is 1090. The fraction of sp³-hybridized carbons (Fsp3) is 0. The number of hydrogen-bond acceptors (Lipinski definition) is 7. The number of hydrogen-bond donors (Lipinski definition) is 2. The van der Waals surface area contributed by atoms with Crippen molar-refractivity contribution in [1.82, 2.24) is 39.8 Å². The van der Waals surface area contributed by atoms with E-state index in [0.29, 0.717) is 16.6 Å². The molecule has 0 atom stereocenters. The predicted molar refractivity (Wildman–Crippen MR) is 72.9 cm³/mol. The minimum atomic E-state index is -0.877. The summed E-state index contributed by atoms with van der Waals surface area (Å²) in [5.74, 6) is -0.0228. The van der Waals surface area contributed by atoms with Gasteiger partial charge >= 0.3 is 11.7 Å². The van der Waals surface area contributed by atoms with Crippen molar-refractivity contribution in [3.63, 3.8) is 0 Å². The van der Waals surface area contributed by atoms with Gasteiger partial charge in [0, 0.05) is 5.39 Å². The number of carbonyl (C=O) groups is 1. The van der Waals surface area contributed by atoms with Crippen LogP contribution in [0.5, 0.6) is 0 Å². The van der Waals surface area contributed by atoms with Crippen molar-refractivity contribution in [2.75, 3.05) is 0 Å². The number of aromatic nitrogens is 8. The number of aromatic amines is 1. The first-order chi connectivity index (χ1) is 10.6. The highest BCUT2D eigenvalue weighted by Crippen LogP contribution is 2.17. The number of tetrazole rings is 1. The van der Waals surface area contributed by atoms with E-state index in [9.17, 15) is 9.59 Å². The van der Waals surface area contributed by atoms with E-state index in [4.69, 9.17) is 5.73 Å². The molecule has 0 saturated heterocycles. The highest BCUT2D eigenvalue weighted by molar-refractivity contribution is 5.91. The van der Waals surface area contributed by atoms with E-state index in [1.165, 1.54) is 0 Å². The van der Waals surface area contributed by atoms with Crippen molar-refractivity contribution in [1.29, 1.82) is 0 Å². The molecule has 11 nitrogen and oxygen atoms in total. The van der Waals surface area contributed by atoms with Crippen LogP contribution < -0.4 is 11.4 Å². The van der Waals surface area contributed by atoms with Gasteiger partial charge in [0.25, 0.3) is 0 Å². The maximum Gasteiger partial charge on any atom is 0.348 e. The normalized spacial score (nSPS) is 11.3. The van der Waals surface area contributed by atoms with Crippen LogP contribution in [-0.4, -0.2) is 45.8 Å². The Hall–Kier alpha value is -3.63.